The topological polar surface area (TPSA) is 57.5 Å². The highest BCUT2D eigenvalue weighted by Gasteiger charge is 2.09. The Balaban J connectivity index is 1.54. The number of nitrogens with zero attached hydrogens (tertiary/aromatic N) is 4. The largest absolute Gasteiger partial charge is 0.357 e. The van der Waals surface area contributed by atoms with E-state index in [4.69, 9.17) is 4.99 Å². The molecule has 1 fully saturated rings. The van der Waals surface area contributed by atoms with E-state index in [0.29, 0.717) is 6.54 Å². The molecule has 3 rings (SSSR count). The molecule has 1 aromatic carbocycles. The second-order valence-corrected chi connectivity index (χ2v) is 6.64. The molecule has 0 spiro atoms. The highest BCUT2D eigenvalue weighted by atomic mass is 15.3. The van der Waals surface area contributed by atoms with E-state index >= 15 is 0 Å². The highest BCUT2D eigenvalue weighted by molar-refractivity contribution is 5.79. The van der Waals surface area contributed by atoms with Gasteiger partial charge in [0.05, 0.1) is 12.2 Å². The zero-order chi connectivity index (χ0) is 18.0. The number of guanidine groups is 1. The van der Waals surface area contributed by atoms with E-state index in [2.05, 4.69) is 51.8 Å². The minimum Gasteiger partial charge on any atom is -0.357 e. The van der Waals surface area contributed by atoms with Gasteiger partial charge in [-0.25, -0.2) is 9.67 Å². The van der Waals surface area contributed by atoms with Crippen LogP contribution >= 0.6 is 0 Å². The quantitative estimate of drug-likeness (QED) is 0.592. The molecule has 1 aliphatic heterocycles. The van der Waals surface area contributed by atoms with Gasteiger partial charge < -0.3 is 15.5 Å². The minimum atomic E-state index is 0.647. The molecule has 6 nitrogen and oxygen atoms in total. The molecule has 140 valence electrons. The molecule has 2 N–H and O–H groups in total. The summed E-state index contributed by atoms with van der Waals surface area (Å²) in [5.41, 5.74) is 2.23. The van der Waals surface area contributed by atoms with Crippen molar-refractivity contribution in [3.63, 3.8) is 0 Å². The maximum atomic E-state index is 4.74. The van der Waals surface area contributed by atoms with Gasteiger partial charge in [-0.2, -0.15) is 5.10 Å². The van der Waals surface area contributed by atoms with Gasteiger partial charge in [-0.05, 0) is 56.6 Å². The van der Waals surface area contributed by atoms with Crippen molar-refractivity contribution < 1.29 is 0 Å². The van der Waals surface area contributed by atoms with Crippen LogP contribution < -0.4 is 10.6 Å². The molecule has 0 atom stereocenters. The number of likely N-dealkylation sites (tertiary alicyclic amines) is 1. The molecule has 6 heteroatoms. The summed E-state index contributed by atoms with van der Waals surface area (Å²) in [6.45, 7) is 8.08. The minimum absolute atomic E-state index is 0.647. The molecular weight excluding hydrogens is 324 g/mol. The van der Waals surface area contributed by atoms with Crippen molar-refractivity contribution >= 4 is 5.96 Å². The maximum absolute atomic E-state index is 4.74. The third kappa shape index (κ3) is 5.59. The van der Waals surface area contributed by atoms with E-state index in [1.165, 1.54) is 37.9 Å². The smallest absolute Gasteiger partial charge is 0.191 e. The van der Waals surface area contributed by atoms with Gasteiger partial charge in [0.25, 0.3) is 0 Å². The fourth-order valence-corrected chi connectivity index (χ4v) is 3.25. The molecule has 0 unspecified atom stereocenters. The zero-order valence-corrected chi connectivity index (χ0v) is 15.7. The Hall–Kier alpha value is -2.34. The van der Waals surface area contributed by atoms with Gasteiger partial charge in [-0.1, -0.05) is 18.6 Å². The SMILES string of the molecule is CCNC(=NCc1cccc(-n2cccn2)c1)NCCN1CCCCC1. The molecule has 26 heavy (non-hydrogen) atoms. The molecule has 1 aliphatic rings. The van der Waals surface area contributed by atoms with Crippen molar-refractivity contribution in [3.8, 4) is 5.69 Å². The Morgan fingerprint density at radius 2 is 2.04 bits per heavy atom. The normalized spacial score (nSPS) is 15.8. The van der Waals surface area contributed by atoms with Crippen LogP contribution in [0.5, 0.6) is 0 Å². The lowest BCUT2D eigenvalue weighted by Crippen LogP contribution is -2.42. The third-order valence-corrected chi connectivity index (χ3v) is 4.61. The number of nitrogens with one attached hydrogen (secondary N) is 2. The first-order valence-corrected chi connectivity index (χ1v) is 9.68. The number of benzene rings is 1. The monoisotopic (exact) mass is 354 g/mol. The summed E-state index contributed by atoms with van der Waals surface area (Å²) in [5, 5.41) is 11.1. The number of hydrogen-bond acceptors (Lipinski definition) is 3. The van der Waals surface area contributed by atoms with Crippen molar-refractivity contribution in [2.75, 3.05) is 32.7 Å². The standard InChI is InChI=1S/C20H30N6/c1-2-21-20(22-11-15-25-12-4-3-5-13-25)23-17-18-8-6-9-19(16-18)26-14-7-10-24-26/h6-10,14,16H,2-5,11-13,15,17H2,1H3,(H2,21,22,23). The Kier molecular flexibility index (Phi) is 7.07. The van der Waals surface area contributed by atoms with Gasteiger partial charge in [0.1, 0.15) is 0 Å². The summed E-state index contributed by atoms with van der Waals surface area (Å²) in [6, 6.07) is 10.3. The lowest BCUT2D eigenvalue weighted by molar-refractivity contribution is 0.232. The average Bonchev–Trinajstić information content (AvgIpc) is 3.22. The van der Waals surface area contributed by atoms with E-state index in [1.54, 1.807) is 6.20 Å². The Labute approximate surface area is 156 Å². The summed E-state index contributed by atoms with van der Waals surface area (Å²) in [7, 11) is 0. The summed E-state index contributed by atoms with van der Waals surface area (Å²) in [4.78, 5) is 7.27. The van der Waals surface area contributed by atoms with Crippen LogP contribution in [-0.2, 0) is 6.54 Å². The lowest BCUT2D eigenvalue weighted by atomic mass is 10.1. The van der Waals surface area contributed by atoms with Gasteiger partial charge in [0.15, 0.2) is 5.96 Å². The van der Waals surface area contributed by atoms with Crippen LogP contribution in [0.3, 0.4) is 0 Å². The molecule has 2 aromatic rings. The Morgan fingerprint density at radius 3 is 2.81 bits per heavy atom. The molecule has 0 aliphatic carbocycles. The highest BCUT2D eigenvalue weighted by Crippen LogP contribution is 2.10. The number of rotatable bonds is 7. The first kappa shape index (κ1) is 18.5. The molecule has 2 heterocycles. The van der Waals surface area contributed by atoms with Gasteiger partial charge in [0.2, 0.25) is 0 Å². The van der Waals surface area contributed by atoms with E-state index in [0.717, 1.165) is 31.3 Å². The van der Waals surface area contributed by atoms with Gasteiger partial charge in [0, 0.05) is 32.0 Å². The van der Waals surface area contributed by atoms with Gasteiger partial charge >= 0.3 is 0 Å². The van der Waals surface area contributed by atoms with Crippen molar-refractivity contribution in [1.29, 1.82) is 0 Å². The molecule has 0 saturated carbocycles. The summed E-state index contributed by atoms with van der Waals surface area (Å²) >= 11 is 0. The number of aromatic nitrogens is 2. The molecule has 0 radical (unpaired) electrons. The molecule has 0 amide bonds. The molecule has 0 bridgehead atoms. The molecule has 1 saturated heterocycles. The van der Waals surface area contributed by atoms with E-state index in [1.807, 2.05) is 16.9 Å². The predicted octanol–water partition coefficient (Wildman–Crippen LogP) is 2.41. The van der Waals surface area contributed by atoms with Crippen LogP contribution in [0.2, 0.25) is 0 Å². The Morgan fingerprint density at radius 1 is 1.15 bits per heavy atom. The first-order chi connectivity index (χ1) is 12.8. The fraction of sp³-hybridized carbons (Fsp3) is 0.500. The first-order valence-electron chi connectivity index (χ1n) is 9.68. The van der Waals surface area contributed by atoms with E-state index in [9.17, 15) is 0 Å². The number of aliphatic imine (C=N–C) groups is 1. The summed E-state index contributed by atoms with van der Waals surface area (Å²) in [6.07, 6.45) is 7.79. The van der Waals surface area contributed by atoms with Crippen molar-refractivity contribution in [2.24, 2.45) is 4.99 Å². The average molecular weight is 355 g/mol. The van der Waals surface area contributed by atoms with Gasteiger partial charge in [-0.3, -0.25) is 0 Å². The van der Waals surface area contributed by atoms with Crippen LogP contribution in [0, 0.1) is 0 Å². The molecular formula is C20H30N6. The summed E-state index contributed by atoms with van der Waals surface area (Å²) in [5.74, 6) is 0.883. The van der Waals surface area contributed by atoms with Crippen LogP contribution in [-0.4, -0.2) is 53.4 Å². The predicted molar refractivity (Wildman–Crippen MR) is 107 cm³/mol. The number of piperidine rings is 1. The maximum Gasteiger partial charge on any atom is 0.191 e. The summed E-state index contributed by atoms with van der Waals surface area (Å²) < 4.78 is 1.87. The van der Waals surface area contributed by atoms with Crippen LogP contribution in [0.25, 0.3) is 5.69 Å². The van der Waals surface area contributed by atoms with E-state index < -0.39 is 0 Å². The second-order valence-electron chi connectivity index (χ2n) is 6.64. The third-order valence-electron chi connectivity index (χ3n) is 4.61. The second kappa shape index (κ2) is 9.97. The zero-order valence-electron chi connectivity index (χ0n) is 15.7. The number of hydrogen-bond donors (Lipinski definition) is 2. The van der Waals surface area contributed by atoms with Crippen LogP contribution in [0.15, 0.2) is 47.7 Å². The van der Waals surface area contributed by atoms with Gasteiger partial charge in [-0.15, -0.1) is 0 Å². The van der Waals surface area contributed by atoms with Crippen molar-refractivity contribution in [2.45, 2.75) is 32.7 Å². The van der Waals surface area contributed by atoms with Crippen LogP contribution in [0.4, 0.5) is 0 Å². The van der Waals surface area contributed by atoms with Crippen molar-refractivity contribution in [1.82, 2.24) is 25.3 Å². The van der Waals surface area contributed by atoms with Crippen molar-refractivity contribution in [3.05, 3.63) is 48.3 Å². The Bertz CT molecular complexity index is 673. The van der Waals surface area contributed by atoms with E-state index in [-0.39, 0.29) is 0 Å². The lowest BCUT2D eigenvalue weighted by Gasteiger charge is -2.26. The molecule has 1 aromatic heterocycles. The van der Waals surface area contributed by atoms with Crippen LogP contribution in [0.1, 0.15) is 31.7 Å². The fourth-order valence-electron chi connectivity index (χ4n) is 3.25.